The molecule has 0 fully saturated rings. The number of anilines is 1. The molecule has 6 nitrogen and oxygen atoms in total. The van der Waals surface area contributed by atoms with Gasteiger partial charge >= 0.3 is 0 Å². The molecule has 0 aliphatic rings. The van der Waals surface area contributed by atoms with Gasteiger partial charge in [-0.2, -0.15) is 0 Å². The molecule has 1 unspecified atom stereocenters. The van der Waals surface area contributed by atoms with Crippen LogP contribution in [-0.2, 0) is 15.9 Å². The average molecular weight is 766 g/mol. The second-order valence-electron chi connectivity index (χ2n) is 14.8. The van der Waals surface area contributed by atoms with Crippen molar-refractivity contribution in [3.63, 3.8) is 0 Å². The van der Waals surface area contributed by atoms with E-state index in [0.29, 0.717) is 29.8 Å². The summed E-state index contributed by atoms with van der Waals surface area (Å²) in [4.78, 5) is 17.7. The molecular formula is C53H43N5O. The summed E-state index contributed by atoms with van der Waals surface area (Å²) in [6.45, 7) is 0. The number of hydrogen-bond donors (Lipinski definition) is 1. The van der Waals surface area contributed by atoms with Crippen molar-refractivity contribution in [3.05, 3.63) is 263 Å². The van der Waals surface area contributed by atoms with Crippen molar-refractivity contribution >= 4 is 23.3 Å². The Labute approximate surface area is 344 Å². The number of nitrogens with zero attached hydrogens (tertiary/aromatic N) is 4. The van der Waals surface area contributed by atoms with Gasteiger partial charge in [0.25, 0.3) is 0 Å². The summed E-state index contributed by atoms with van der Waals surface area (Å²) in [5.41, 5.74) is 7.68. The minimum Gasteiger partial charge on any atom is -0.353 e. The van der Waals surface area contributed by atoms with E-state index in [2.05, 4.69) is 169 Å². The number of aldehydes is 1. The summed E-state index contributed by atoms with van der Waals surface area (Å²) in [6.07, 6.45) is 1.96. The van der Waals surface area contributed by atoms with Crippen molar-refractivity contribution in [2.24, 2.45) is 0 Å². The molecule has 0 spiro atoms. The average Bonchev–Trinajstić information content (AvgIpc) is 3.75. The molecule has 0 amide bonds. The molecule has 1 atom stereocenters. The second kappa shape index (κ2) is 16.6. The Hall–Kier alpha value is -7.44. The maximum absolute atomic E-state index is 12.1. The molecule has 2 heterocycles. The first-order valence-corrected chi connectivity index (χ1v) is 20.1. The molecule has 286 valence electrons. The van der Waals surface area contributed by atoms with E-state index in [1.807, 2.05) is 59.3 Å². The van der Waals surface area contributed by atoms with E-state index in [1.54, 1.807) is 0 Å². The predicted octanol–water partition coefficient (Wildman–Crippen LogP) is 11.2. The first-order chi connectivity index (χ1) is 29.2. The first-order valence-electron chi connectivity index (χ1n) is 20.1. The number of carbonyl (C=O) groups is 1. The van der Waals surface area contributed by atoms with E-state index in [4.69, 9.17) is 15.3 Å². The van der Waals surface area contributed by atoms with Crippen molar-refractivity contribution in [3.8, 4) is 0 Å². The number of pyridine rings is 1. The van der Waals surface area contributed by atoms with Crippen LogP contribution in [0.25, 0.3) is 11.2 Å². The third-order valence-electron chi connectivity index (χ3n) is 11.4. The molecular weight excluding hydrogens is 723 g/mol. The largest absolute Gasteiger partial charge is 0.353 e. The number of benzene rings is 7. The highest BCUT2D eigenvalue weighted by Gasteiger charge is 2.43. The Kier molecular flexibility index (Phi) is 10.4. The van der Waals surface area contributed by atoms with E-state index in [0.717, 1.165) is 50.8 Å². The lowest BCUT2D eigenvalue weighted by Gasteiger charge is -2.38. The van der Waals surface area contributed by atoms with Crippen molar-refractivity contribution in [1.29, 1.82) is 0 Å². The van der Waals surface area contributed by atoms with Gasteiger partial charge in [-0.1, -0.05) is 218 Å². The maximum Gasteiger partial charge on any atom is 0.182 e. The maximum atomic E-state index is 12.1. The molecule has 0 saturated carbocycles. The van der Waals surface area contributed by atoms with Gasteiger partial charge in [-0.3, -0.25) is 0 Å². The Morgan fingerprint density at radius 3 is 1.32 bits per heavy atom. The Morgan fingerprint density at radius 2 is 0.915 bits per heavy atom. The van der Waals surface area contributed by atoms with Crippen LogP contribution in [0.2, 0.25) is 0 Å². The van der Waals surface area contributed by atoms with Crippen LogP contribution in [-0.4, -0.2) is 26.3 Å². The minimum absolute atomic E-state index is 0.184. The topological polar surface area (TPSA) is 72.7 Å². The molecule has 0 aliphatic carbocycles. The van der Waals surface area contributed by atoms with Crippen LogP contribution < -0.4 is 5.32 Å². The Morgan fingerprint density at radius 1 is 0.525 bits per heavy atom. The normalized spacial score (nSPS) is 12.2. The minimum atomic E-state index is -0.970. The van der Waals surface area contributed by atoms with Crippen molar-refractivity contribution in [2.75, 3.05) is 5.32 Å². The fourth-order valence-electron chi connectivity index (χ4n) is 8.78. The van der Waals surface area contributed by atoms with Crippen molar-refractivity contribution in [1.82, 2.24) is 20.0 Å². The molecule has 0 saturated heterocycles. The molecule has 0 radical (unpaired) electrons. The van der Waals surface area contributed by atoms with Gasteiger partial charge in [-0.25, -0.2) is 9.67 Å². The molecule has 9 aromatic rings. The van der Waals surface area contributed by atoms with Crippen molar-refractivity contribution in [2.45, 2.75) is 29.8 Å². The van der Waals surface area contributed by atoms with E-state index in [1.165, 1.54) is 0 Å². The summed E-state index contributed by atoms with van der Waals surface area (Å²) < 4.78 is 2.01. The van der Waals surface area contributed by atoms with Crippen LogP contribution >= 0.6 is 0 Å². The zero-order valence-corrected chi connectivity index (χ0v) is 32.6. The zero-order valence-electron chi connectivity index (χ0n) is 32.6. The molecule has 0 bridgehead atoms. The summed E-state index contributed by atoms with van der Waals surface area (Å²) in [5.74, 6) is 0.458. The molecule has 7 aromatic carbocycles. The summed E-state index contributed by atoms with van der Waals surface area (Å²) in [5, 5.41) is 14.3. The van der Waals surface area contributed by atoms with Crippen LogP contribution in [0.4, 0.5) is 5.82 Å². The van der Waals surface area contributed by atoms with E-state index in [9.17, 15) is 4.79 Å². The zero-order chi connectivity index (χ0) is 39.9. The molecule has 1 N–H and O–H groups in total. The van der Waals surface area contributed by atoms with E-state index >= 15 is 0 Å². The van der Waals surface area contributed by atoms with Crippen LogP contribution in [0.1, 0.15) is 63.3 Å². The van der Waals surface area contributed by atoms with E-state index in [-0.39, 0.29) is 5.92 Å². The highest BCUT2D eigenvalue weighted by molar-refractivity contribution is 5.80. The number of hydrogen-bond acceptors (Lipinski definition) is 5. The smallest absolute Gasteiger partial charge is 0.182 e. The van der Waals surface area contributed by atoms with Gasteiger partial charge in [0, 0.05) is 12.3 Å². The number of carbonyl (C=O) groups excluding carboxylic acids is 1. The lowest BCUT2D eigenvalue weighted by Crippen LogP contribution is -2.39. The van der Waals surface area contributed by atoms with Gasteiger partial charge in [0.15, 0.2) is 5.65 Å². The van der Waals surface area contributed by atoms with Gasteiger partial charge in [0.05, 0.1) is 0 Å². The van der Waals surface area contributed by atoms with Crippen LogP contribution in [0.3, 0.4) is 0 Å². The molecule has 59 heavy (non-hydrogen) atoms. The molecule has 9 rings (SSSR count). The highest BCUT2D eigenvalue weighted by Crippen LogP contribution is 2.45. The molecule has 6 heteroatoms. The Bertz CT molecular complexity index is 2550. The van der Waals surface area contributed by atoms with Gasteiger partial charge in [-0.15, -0.1) is 5.10 Å². The number of rotatable bonds is 14. The Balaban J connectivity index is 1.40. The lowest BCUT2D eigenvalue weighted by molar-refractivity contribution is -0.107. The SMILES string of the molecule is O=CCCC(c1ccccc1)c1cc(NC(c2ccccc2)(c2ccccc2)c2ccccc2)nc2c1nnn2C(c1ccccc1)(c1ccccc1)c1ccccc1. The van der Waals surface area contributed by atoms with Crippen LogP contribution in [0.15, 0.2) is 218 Å². The van der Waals surface area contributed by atoms with Gasteiger partial charge < -0.3 is 10.1 Å². The molecule has 0 aliphatic heterocycles. The first kappa shape index (κ1) is 37.2. The highest BCUT2D eigenvalue weighted by atomic mass is 16.1. The van der Waals surface area contributed by atoms with Crippen molar-refractivity contribution < 1.29 is 4.79 Å². The summed E-state index contributed by atoms with van der Waals surface area (Å²) in [7, 11) is 0. The molecule has 2 aromatic heterocycles. The lowest BCUT2D eigenvalue weighted by atomic mass is 9.76. The van der Waals surface area contributed by atoms with Gasteiger partial charge in [0.2, 0.25) is 0 Å². The van der Waals surface area contributed by atoms with Gasteiger partial charge in [-0.05, 0) is 57.0 Å². The third kappa shape index (κ3) is 6.78. The number of fused-ring (bicyclic) bond motifs is 1. The van der Waals surface area contributed by atoms with Crippen LogP contribution in [0, 0.1) is 0 Å². The summed E-state index contributed by atoms with van der Waals surface area (Å²) >= 11 is 0. The summed E-state index contributed by atoms with van der Waals surface area (Å²) in [6, 6.07) is 75.6. The second-order valence-corrected chi connectivity index (χ2v) is 14.8. The fraction of sp³-hybridized carbons (Fsp3) is 0.0943. The predicted molar refractivity (Wildman–Crippen MR) is 236 cm³/mol. The fourth-order valence-corrected chi connectivity index (χ4v) is 8.78. The standard InChI is InChI=1S/C53H43N5O/c59-38-22-37-47(40-23-8-1-9-24-40)48-39-49(55-52(41-25-10-2-11-26-41,42-27-12-3-13-28-42)43-29-14-4-15-30-43)54-51-50(48)56-57-58(51)53(44-31-16-5-17-32-44,45-33-18-6-19-34-45)46-35-20-7-21-36-46/h1-21,23-36,38-39,47H,22,37H2,(H,54,55). The number of nitrogens with one attached hydrogen (secondary N) is 1. The van der Waals surface area contributed by atoms with E-state index < -0.39 is 11.1 Å². The number of aromatic nitrogens is 4. The third-order valence-corrected chi connectivity index (χ3v) is 11.4. The quantitative estimate of drug-likeness (QED) is 0.0881. The van der Waals surface area contributed by atoms with Crippen LogP contribution in [0.5, 0.6) is 0 Å². The monoisotopic (exact) mass is 765 g/mol. The van der Waals surface area contributed by atoms with Gasteiger partial charge in [0.1, 0.15) is 28.7 Å².